The molecule has 2 aromatic rings. The zero-order chi connectivity index (χ0) is 20.9. The van der Waals surface area contributed by atoms with E-state index in [0.29, 0.717) is 16.1 Å². The number of carbonyl (C=O) groups is 2. The summed E-state index contributed by atoms with van der Waals surface area (Å²) in [6.07, 6.45) is 1.43. The smallest absolute Gasteiger partial charge is 0.341 e. The SMILES string of the molecule is CCOC(=O)c1c(-c2ccc(C)c(C)c2)csc1NC(=O)CCCS(C)(=O)=O. The van der Waals surface area contributed by atoms with E-state index in [-0.39, 0.29) is 31.1 Å². The largest absolute Gasteiger partial charge is 0.462 e. The highest BCUT2D eigenvalue weighted by molar-refractivity contribution is 7.90. The summed E-state index contributed by atoms with van der Waals surface area (Å²) in [4.78, 5) is 24.8. The van der Waals surface area contributed by atoms with Crippen LogP contribution in [0, 0.1) is 13.8 Å². The number of amides is 1. The molecule has 0 aliphatic heterocycles. The maximum absolute atomic E-state index is 12.6. The second-order valence-electron chi connectivity index (χ2n) is 6.65. The average Bonchev–Trinajstić information content (AvgIpc) is 3.00. The third-order valence-electron chi connectivity index (χ3n) is 4.26. The number of hydrogen-bond donors (Lipinski definition) is 1. The Bertz CT molecular complexity index is 976. The minimum atomic E-state index is -3.11. The Labute approximate surface area is 169 Å². The predicted molar refractivity (Wildman–Crippen MR) is 113 cm³/mol. The van der Waals surface area contributed by atoms with Crippen LogP contribution < -0.4 is 5.32 Å². The van der Waals surface area contributed by atoms with Crippen molar-refractivity contribution in [1.29, 1.82) is 0 Å². The molecule has 0 aliphatic carbocycles. The summed E-state index contributed by atoms with van der Waals surface area (Å²) >= 11 is 1.25. The Hall–Kier alpha value is -2.19. The number of thiophene rings is 1. The van der Waals surface area contributed by atoms with E-state index in [0.717, 1.165) is 22.9 Å². The summed E-state index contributed by atoms with van der Waals surface area (Å²) in [6.45, 7) is 5.97. The Morgan fingerprint density at radius 3 is 2.50 bits per heavy atom. The quantitative estimate of drug-likeness (QED) is 0.649. The van der Waals surface area contributed by atoms with Gasteiger partial charge in [0.1, 0.15) is 20.4 Å². The fraction of sp³-hybridized carbons (Fsp3) is 0.400. The van der Waals surface area contributed by atoms with Gasteiger partial charge in [0.25, 0.3) is 0 Å². The van der Waals surface area contributed by atoms with Crippen LogP contribution in [0.15, 0.2) is 23.6 Å². The lowest BCUT2D eigenvalue weighted by Crippen LogP contribution is -2.15. The highest BCUT2D eigenvalue weighted by Crippen LogP contribution is 2.37. The van der Waals surface area contributed by atoms with Gasteiger partial charge >= 0.3 is 5.97 Å². The van der Waals surface area contributed by atoms with E-state index < -0.39 is 15.8 Å². The zero-order valence-electron chi connectivity index (χ0n) is 16.5. The van der Waals surface area contributed by atoms with E-state index in [1.54, 1.807) is 6.92 Å². The lowest BCUT2D eigenvalue weighted by molar-refractivity contribution is -0.116. The molecule has 0 unspecified atom stereocenters. The maximum Gasteiger partial charge on any atom is 0.341 e. The van der Waals surface area contributed by atoms with Gasteiger partial charge in [-0.25, -0.2) is 13.2 Å². The van der Waals surface area contributed by atoms with Gasteiger partial charge in [0.15, 0.2) is 0 Å². The molecular formula is C20H25NO5S2. The van der Waals surface area contributed by atoms with Gasteiger partial charge < -0.3 is 10.1 Å². The highest BCUT2D eigenvalue weighted by Gasteiger charge is 2.23. The van der Waals surface area contributed by atoms with E-state index >= 15 is 0 Å². The van der Waals surface area contributed by atoms with E-state index in [2.05, 4.69) is 5.32 Å². The lowest BCUT2D eigenvalue weighted by Gasteiger charge is -2.10. The van der Waals surface area contributed by atoms with Crippen LogP contribution in [0.3, 0.4) is 0 Å². The molecule has 1 aromatic heterocycles. The summed E-state index contributed by atoms with van der Waals surface area (Å²) in [6, 6.07) is 5.92. The normalized spacial score (nSPS) is 11.3. The molecule has 8 heteroatoms. The van der Waals surface area contributed by atoms with Crippen LogP contribution in [0.2, 0.25) is 0 Å². The fourth-order valence-electron chi connectivity index (χ4n) is 2.66. The van der Waals surface area contributed by atoms with Crippen LogP contribution in [0.1, 0.15) is 41.3 Å². The van der Waals surface area contributed by atoms with E-state index in [1.165, 1.54) is 11.3 Å². The third-order valence-corrected chi connectivity index (χ3v) is 6.19. The van der Waals surface area contributed by atoms with E-state index in [1.807, 2.05) is 37.4 Å². The number of carbonyl (C=O) groups excluding carboxylic acids is 2. The number of aryl methyl sites for hydroxylation is 2. The number of anilines is 1. The molecule has 0 atom stereocenters. The standard InChI is InChI=1S/C20H25NO5S2/c1-5-26-20(23)18-16(15-9-8-13(2)14(3)11-15)12-27-19(18)21-17(22)7-6-10-28(4,24)25/h8-9,11-12H,5-7,10H2,1-4H3,(H,21,22). The van der Waals surface area contributed by atoms with Gasteiger partial charge in [-0.3, -0.25) is 4.79 Å². The molecule has 1 heterocycles. The first-order valence-corrected chi connectivity index (χ1v) is 11.9. The van der Waals surface area contributed by atoms with Gasteiger partial charge in [0.2, 0.25) is 5.91 Å². The second kappa shape index (κ2) is 9.34. The van der Waals surface area contributed by atoms with Gasteiger partial charge in [0, 0.05) is 23.6 Å². The summed E-state index contributed by atoms with van der Waals surface area (Å²) in [5.41, 5.74) is 4.16. The molecule has 152 valence electrons. The minimum absolute atomic E-state index is 0.0521. The monoisotopic (exact) mass is 423 g/mol. The molecule has 1 amide bonds. The van der Waals surface area contributed by atoms with Crippen LogP contribution in [0.4, 0.5) is 5.00 Å². The van der Waals surface area contributed by atoms with Crippen molar-refractivity contribution >= 4 is 38.1 Å². The van der Waals surface area contributed by atoms with Gasteiger partial charge in [-0.15, -0.1) is 11.3 Å². The Morgan fingerprint density at radius 2 is 1.89 bits per heavy atom. The van der Waals surface area contributed by atoms with Crippen molar-refractivity contribution < 1.29 is 22.7 Å². The summed E-state index contributed by atoms with van der Waals surface area (Å²) in [5.74, 6) is -0.880. The van der Waals surface area contributed by atoms with Crippen molar-refractivity contribution in [2.24, 2.45) is 0 Å². The van der Waals surface area contributed by atoms with Crippen molar-refractivity contribution in [2.75, 3.05) is 23.9 Å². The van der Waals surface area contributed by atoms with E-state index in [4.69, 9.17) is 4.74 Å². The van der Waals surface area contributed by atoms with E-state index in [9.17, 15) is 18.0 Å². The third kappa shape index (κ3) is 5.90. The summed E-state index contributed by atoms with van der Waals surface area (Å²) in [7, 11) is -3.11. The second-order valence-corrected chi connectivity index (χ2v) is 9.79. The molecule has 2 rings (SSSR count). The first-order chi connectivity index (χ1) is 13.1. The number of benzene rings is 1. The van der Waals surface area contributed by atoms with Crippen LogP contribution in [0.5, 0.6) is 0 Å². The fourth-order valence-corrected chi connectivity index (χ4v) is 4.30. The van der Waals surface area contributed by atoms with Crippen molar-refractivity contribution in [3.8, 4) is 11.1 Å². The molecule has 0 fully saturated rings. The zero-order valence-corrected chi connectivity index (χ0v) is 18.1. The number of rotatable bonds is 8. The Morgan fingerprint density at radius 1 is 1.18 bits per heavy atom. The average molecular weight is 424 g/mol. The number of nitrogens with one attached hydrogen (secondary N) is 1. The molecule has 0 saturated carbocycles. The van der Waals surface area contributed by atoms with Crippen LogP contribution in [-0.2, 0) is 19.4 Å². The van der Waals surface area contributed by atoms with Crippen molar-refractivity contribution in [2.45, 2.75) is 33.6 Å². The van der Waals surface area contributed by atoms with Gasteiger partial charge in [-0.2, -0.15) is 0 Å². The number of hydrogen-bond acceptors (Lipinski definition) is 6. The molecule has 0 radical (unpaired) electrons. The Kier molecular flexibility index (Phi) is 7.37. The van der Waals surface area contributed by atoms with Crippen molar-refractivity contribution in [3.63, 3.8) is 0 Å². The Balaban J connectivity index is 2.29. The molecule has 1 N–H and O–H groups in total. The summed E-state index contributed by atoms with van der Waals surface area (Å²) in [5, 5.41) is 4.97. The van der Waals surface area contributed by atoms with Gasteiger partial charge in [-0.1, -0.05) is 18.2 Å². The molecule has 6 nitrogen and oxygen atoms in total. The molecule has 1 aromatic carbocycles. The molecule has 0 saturated heterocycles. The first kappa shape index (κ1) is 22.1. The lowest BCUT2D eigenvalue weighted by atomic mass is 9.99. The molecule has 0 bridgehead atoms. The van der Waals surface area contributed by atoms with Crippen molar-refractivity contribution in [3.05, 3.63) is 40.3 Å². The van der Waals surface area contributed by atoms with Crippen molar-refractivity contribution in [1.82, 2.24) is 0 Å². The molecule has 0 aliphatic rings. The van der Waals surface area contributed by atoms with Crippen LogP contribution in [-0.4, -0.2) is 38.9 Å². The van der Waals surface area contributed by atoms with Gasteiger partial charge in [0.05, 0.1) is 12.4 Å². The minimum Gasteiger partial charge on any atom is -0.462 e. The summed E-state index contributed by atoms with van der Waals surface area (Å²) < 4.78 is 27.6. The highest BCUT2D eigenvalue weighted by atomic mass is 32.2. The van der Waals surface area contributed by atoms with Gasteiger partial charge in [-0.05, 0) is 43.9 Å². The number of sulfone groups is 1. The van der Waals surface area contributed by atoms with Crippen LogP contribution in [0.25, 0.3) is 11.1 Å². The number of ether oxygens (including phenoxy) is 1. The number of esters is 1. The molecule has 28 heavy (non-hydrogen) atoms. The first-order valence-electron chi connectivity index (χ1n) is 8.96. The predicted octanol–water partition coefficient (Wildman–Crippen LogP) is 3.97. The topological polar surface area (TPSA) is 89.5 Å². The maximum atomic E-state index is 12.6. The molecular weight excluding hydrogens is 398 g/mol. The molecule has 0 spiro atoms. The van der Waals surface area contributed by atoms with Crippen LogP contribution >= 0.6 is 11.3 Å².